The van der Waals surface area contributed by atoms with Gasteiger partial charge < -0.3 is 20.9 Å². The topological polar surface area (TPSA) is 70.8 Å². The average Bonchev–Trinajstić information content (AvgIpc) is 3.23. The third kappa shape index (κ3) is 2.19. The highest BCUT2D eigenvalue weighted by Crippen LogP contribution is 2.58. The van der Waals surface area contributed by atoms with Gasteiger partial charge in [-0.2, -0.15) is 0 Å². The highest BCUT2D eigenvalue weighted by molar-refractivity contribution is 5.17. The lowest BCUT2D eigenvalue weighted by atomic mass is 9.56. The molecule has 0 aromatic rings. The minimum atomic E-state index is -0.267. The zero-order chi connectivity index (χ0) is 16.6. The molecule has 0 aromatic heterocycles. The van der Waals surface area contributed by atoms with Crippen LogP contribution in [0.1, 0.15) is 46.0 Å². The normalized spacial score (nSPS) is 61.5. The Kier molecular flexibility index (Phi) is 3.79. The maximum Gasteiger partial charge on any atom is 0.0997 e. The molecule has 0 bridgehead atoms. The largest absolute Gasteiger partial charge is 0.391 e. The lowest BCUT2D eigenvalue weighted by Crippen LogP contribution is -2.54. The quantitative estimate of drug-likeness (QED) is 0.673. The predicted octanol–water partition coefficient (Wildman–Crippen LogP) is 1.76. The summed E-state index contributed by atoms with van der Waals surface area (Å²) in [6.07, 6.45) is 7.05. The van der Waals surface area contributed by atoms with Crippen molar-refractivity contribution in [3.63, 3.8) is 0 Å². The van der Waals surface area contributed by atoms with Gasteiger partial charge in [-0.1, -0.05) is 20.3 Å². The number of epoxide rings is 1. The lowest BCUT2D eigenvalue weighted by Gasteiger charge is -2.49. The van der Waals surface area contributed by atoms with Crippen molar-refractivity contribution in [2.24, 2.45) is 47.2 Å². The van der Waals surface area contributed by atoms with E-state index in [4.69, 9.17) is 10.5 Å². The highest BCUT2D eigenvalue weighted by Gasteiger charge is 2.65. The second-order valence-electron chi connectivity index (χ2n) is 9.61. The molecule has 0 aromatic carbocycles. The van der Waals surface area contributed by atoms with Gasteiger partial charge in [-0.15, -0.1) is 0 Å². The van der Waals surface area contributed by atoms with Gasteiger partial charge in [0.05, 0.1) is 18.3 Å². The molecule has 2 aliphatic heterocycles. The van der Waals surface area contributed by atoms with E-state index in [-0.39, 0.29) is 18.1 Å². The molecule has 12 atom stereocenters. The third-order valence-electron chi connectivity index (χ3n) is 8.63. The summed E-state index contributed by atoms with van der Waals surface area (Å²) < 4.78 is 6.04. The molecule has 136 valence electrons. The van der Waals surface area contributed by atoms with Crippen molar-refractivity contribution in [3.05, 3.63) is 0 Å². The van der Waals surface area contributed by atoms with Gasteiger partial charge in [0.2, 0.25) is 0 Å². The fourth-order valence-corrected chi connectivity index (χ4v) is 7.48. The third-order valence-corrected chi connectivity index (χ3v) is 8.63. The fourth-order valence-electron chi connectivity index (χ4n) is 7.48. The first-order valence-corrected chi connectivity index (χ1v) is 10.4. The molecule has 0 radical (unpaired) electrons. The van der Waals surface area contributed by atoms with Gasteiger partial charge in [0.25, 0.3) is 0 Å². The molecule has 3 aliphatic carbocycles. The zero-order valence-corrected chi connectivity index (χ0v) is 15.1. The molecule has 3 saturated carbocycles. The van der Waals surface area contributed by atoms with Crippen molar-refractivity contribution in [1.29, 1.82) is 0 Å². The molecule has 5 fully saturated rings. The highest BCUT2D eigenvalue weighted by atomic mass is 16.6. The lowest BCUT2D eigenvalue weighted by molar-refractivity contribution is -0.0359. The van der Waals surface area contributed by atoms with E-state index in [1.807, 2.05) is 0 Å². The Hall–Kier alpha value is -0.160. The van der Waals surface area contributed by atoms with E-state index in [1.54, 1.807) is 0 Å². The van der Waals surface area contributed by atoms with E-state index in [2.05, 4.69) is 19.2 Å². The summed E-state index contributed by atoms with van der Waals surface area (Å²) in [6.45, 7) is 5.48. The van der Waals surface area contributed by atoms with Crippen LogP contribution in [0.3, 0.4) is 0 Å². The van der Waals surface area contributed by atoms with Crippen molar-refractivity contribution in [3.8, 4) is 0 Å². The summed E-state index contributed by atoms with van der Waals surface area (Å²) in [5.41, 5.74) is 6.04. The molecule has 24 heavy (non-hydrogen) atoms. The smallest absolute Gasteiger partial charge is 0.0997 e. The molecule has 4 heteroatoms. The molecule has 4 N–H and O–H groups in total. The summed E-state index contributed by atoms with van der Waals surface area (Å²) >= 11 is 0. The number of ether oxygens (including phenoxy) is 1. The van der Waals surface area contributed by atoms with Crippen LogP contribution in [0.4, 0.5) is 0 Å². The first-order chi connectivity index (χ1) is 11.6. The number of fused-ring (bicyclic) bond motifs is 2. The summed E-state index contributed by atoms with van der Waals surface area (Å²) in [5.74, 6) is 4.81. The molecule has 2 saturated heterocycles. The number of hydrogen-bond donors (Lipinski definition) is 3. The van der Waals surface area contributed by atoms with Crippen LogP contribution in [0.25, 0.3) is 0 Å². The molecule has 4 nitrogen and oxygen atoms in total. The Morgan fingerprint density at radius 3 is 2.50 bits per heavy atom. The Labute approximate surface area is 145 Å². The predicted molar refractivity (Wildman–Crippen MR) is 93.3 cm³/mol. The van der Waals surface area contributed by atoms with Crippen LogP contribution in [0.15, 0.2) is 0 Å². The van der Waals surface area contributed by atoms with Crippen molar-refractivity contribution in [2.45, 2.75) is 76.3 Å². The minimum Gasteiger partial charge on any atom is -0.391 e. The van der Waals surface area contributed by atoms with Gasteiger partial charge in [0, 0.05) is 12.1 Å². The van der Waals surface area contributed by atoms with E-state index in [0.717, 1.165) is 36.0 Å². The molecular weight excluding hydrogens is 300 g/mol. The Morgan fingerprint density at radius 2 is 1.75 bits per heavy atom. The minimum absolute atomic E-state index is 0.253. The summed E-state index contributed by atoms with van der Waals surface area (Å²) in [6, 6.07) is 0.742. The second-order valence-corrected chi connectivity index (χ2v) is 9.61. The monoisotopic (exact) mass is 334 g/mol. The average molecular weight is 335 g/mol. The van der Waals surface area contributed by atoms with Gasteiger partial charge in [-0.25, -0.2) is 0 Å². The number of aliphatic hydroxyl groups is 1. The number of nitrogens with two attached hydrogens (primary N) is 1. The van der Waals surface area contributed by atoms with Crippen LogP contribution in [0, 0.1) is 41.4 Å². The van der Waals surface area contributed by atoms with Crippen molar-refractivity contribution >= 4 is 0 Å². The van der Waals surface area contributed by atoms with Crippen LogP contribution in [-0.2, 0) is 4.74 Å². The Morgan fingerprint density at radius 1 is 1.04 bits per heavy atom. The van der Waals surface area contributed by atoms with Gasteiger partial charge in [0.15, 0.2) is 0 Å². The summed E-state index contributed by atoms with van der Waals surface area (Å²) in [4.78, 5) is 0. The van der Waals surface area contributed by atoms with Crippen molar-refractivity contribution < 1.29 is 9.84 Å². The molecule has 5 aliphatic rings. The number of hydrogen-bond acceptors (Lipinski definition) is 4. The van der Waals surface area contributed by atoms with E-state index in [0.29, 0.717) is 30.7 Å². The Bertz CT molecular complexity index is 500. The molecule has 2 heterocycles. The summed E-state index contributed by atoms with van der Waals surface area (Å²) in [7, 11) is 0. The molecule has 5 rings (SSSR count). The van der Waals surface area contributed by atoms with E-state index in [9.17, 15) is 5.11 Å². The van der Waals surface area contributed by atoms with E-state index in [1.165, 1.54) is 25.7 Å². The van der Waals surface area contributed by atoms with E-state index >= 15 is 0 Å². The number of nitrogens with one attached hydrogen (secondary N) is 1. The first-order valence-electron chi connectivity index (χ1n) is 10.4. The van der Waals surface area contributed by atoms with Gasteiger partial charge in [-0.05, 0) is 73.7 Å². The molecule has 12 unspecified atom stereocenters. The second kappa shape index (κ2) is 5.67. The SMILES string of the molecule is CCC1CC2CC(CN)C(O)C3NC4C5OC5CC(CC1C)C4C23. The zero-order valence-electron chi connectivity index (χ0n) is 15.1. The maximum absolute atomic E-state index is 11.0. The van der Waals surface area contributed by atoms with Gasteiger partial charge >= 0.3 is 0 Å². The molecule has 0 spiro atoms. The van der Waals surface area contributed by atoms with Gasteiger partial charge in [0.1, 0.15) is 0 Å². The van der Waals surface area contributed by atoms with Crippen LogP contribution < -0.4 is 11.1 Å². The standard InChI is InChI=1S/C20H34N2O2/c1-3-10-5-12-6-13(8-21)19(23)17-15(12)16-11(4-9(10)2)7-14-20(24-14)18(16)22-17/h9-20,22-23H,3-8,21H2,1-2H3. The van der Waals surface area contributed by atoms with Crippen LogP contribution in [0.2, 0.25) is 0 Å². The first kappa shape index (κ1) is 16.0. The summed E-state index contributed by atoms with van der Waals surface area (Å²) in [5, 5.41) is 14.8. The number of rotatable bonds is 2. The molecule has 0 amide bonds. The maximum atomic E-state index is 11.0. The van der Waals surface area contributed by atoms with Crippen molar-refractivity contribution in [2.75, 3.05) is 6.54 Å². The number of aliphatic hydroxyl groups excluding tert-OH is 1. The molecular formula is C20H34N2O2. The van der Waals surface area contributed by atoms with Crippen LogP contribution >= 0.6 is 0 Å². The fraction of sp³-hybridized carbons (Fsp3) is 1.00. The van der Waals surface area contributed by atoms with E-state index < -0.39 is 0 Å². The van der Waals surface area contributed by atoms with Crippen molar-refractivity contribution in [1.82, 2.24) is 5.32 Å². The van der Waals surface area contributed by atoms with Gasteiger partial charge in [-0.3, -0.25) is 0 Å². The van der Waals surface area contributed by atoms with Crippen LogP contribution in [0.5, 0.6) is 0 Å². The van der Waals surface area contributed by atoms with Crippen LogP contribution in [-0.4, -0.2) is 42.0 Å². The Balaban J connectivity index is 1.53.